The standard InChI is InChI=1S/C64H79N11O22S/c1-32-30-75-52(53(32)82)60(89)66-29-40(77)26-43(67-56(85)36-9-13-38(14-10-36)62-72-71-61(94-62)37-11-7-34(8-12-37)35-15-18-42(19-16-35)93-24-6-23-73-21-4-3-5-22-73)57(86)68-49(33(2)76)63(90)74-31-41(78)27-44(74)58(87)70-51(59(88)69-50(64(75)91)46(80)28-48(65)81)55(84)54(83)39-17-20-45(79)47(25-39)95-98-97-96-92/h7-20,25,32-33,40-41,43-44,46,49-55,76-80,82-84,92H,3-6,21-24,26-31H2,1-2H3,(H2,65,81)(H,66,89)(H,67,85)(H,68,86)(H,69,88)(H,70,87). The molecule has 9 rings (SSSR count). The average molecular weight is 1390 g/mol. The van der Waals surface area contributed by atoms with Crippen molar-refractivity contribution in [2.24, 2.45) is 11.7 Å². The number of phenolic OH excluding ortho intramolecular Hbond substituents is 1. The normalized spacial score (nSPS) is 25.3. The summed E-state index contributed by atoms with van der Waals surface area (Å²) in [5, 5.41) is 123. The summed E-state index contributed by atoms with van der Waals surface area (Å²) in [6.45, 7) is 4.58. The van der Waals surface area contributed by atoms with Gasteiger partial charge in [-0.1, -0.05) is 53.0 Å². The zero-order valence-electron chi connectivity index (χ0n) is 53.2. The van der Waals surface area contributed by atoms with E-state index in [-0.39, 0.29) is 35.2 Å². The van der Waals surface area contributed by atoms with Crippen molar-refractivity contribution in [3.8, 4) is 51.3 Å². The first-order chi connectivity index (χ1) is 46.9. The van der Waals surface area contributed by atoms with Crippen molar-refractivity contribution in [2.75, 3.05) is 45.9 Å². The summed E-state index contributed by atoms with van der Waals surface area (Å²) in [4.78, 5) is 118. The molecule has 0 saturated carbocycles. The smallest absolute Gasteiger partial charge is 0.261 e. The van der Waals surface area contributed by atoms with Gasteiger partial charge in [-0.3, -0.25) is 38.4 Å². The number of β-amino-alcohol motifs (C(OH)–C–C–N with tert-alkyl or cyclic N) is 1. The predicted octanol–water partition coefficient (Wildman–Crippen LogP) is -1.29. The molecule has 0 spiro atoms. The molecule has 33 nitrogen and oxygen atoms in total. The Balaban J connectivity index is 0.948. The number of aliphatic hydroxyl groups excluding tert-OH is 7. The van der Waals surface area contributed by atoms with Gasteiger partial charge in [-0.15, -0.1) is 10.2 Å². The number of benzene rings is 4. The van der Waals surface area contributed by atoms with E-state index < -0.39 is 183 Å². The molecule has 16 N–H and O–H groups in total. The molecule has 528 valence electrons. The molecule has 0 aliphatic carbocycles. The number of hydrogen-bond donors (Lipinski definition) is 15. The van der Waals surface area contributed by atoms with Crippen molar-refractivity contribution in [3.63, 3.8) is 0 Å². The van der Waals surface area contributed by atoms with E-state index in [2.05, 4.69) is 51.1 Å². The highest BCUT2D eigenvalue weighted by atomic mass is 32.2. The molecule has 5 heterocycles. The fraction of sp³-hybridized carbons (Fsp3) is 0.469. The largest absolute Gasteiger partial charge is 0.504 e. The van der Waals surface area contributed by atoms with Gasteiger partial charge in [-0.2, -0.15) is 0 Å². The number of carbonyl (C=O) groups is 8. The summed E-state index contributed by atoms with van der Waals surface area (Å²) in [6.07, 6.45) is -11.5. The van der Waals surface area contributed by atoms with Crippen LogP contribution >= 0.6 is 12.3 Å². The zero-order valence-corrected chi connectivity index (χ0v) is 54.0. The number of aliphatic hydroxyl groups is 7. The highest BCUT2D eigenvalue weighted by molar-refractivity contribution is 7.90. The van der Waals surface area contributed by atoms with Gasteiger partial charge in [0.1, 0.15) is 54.2 Å². The molecule has 4 aliphatic rings. The van der Waals surface area contributed by atoms with Gasteiger partial charge in [-0.05, 0) is 117 Å². The number of aromatic nitrogens is 2. The number of hydrogen-bond acceptors (Lipinski definition) is 26. The minimum atomic E-state index is -2.54. The summed E-state index contributed by atoms with van der Waals surface area (Å²) in [7, 11) is 0. The Hall–Kier alpha value is -8.91. The molecule has 0 bridgehead atoms. The monoisotopic (exact) mass is 1390 g/mol. The van der Waals surface area contributed by atoms with Crippen LogP contribution in [0.15, 0.2) is 95.4 Å². The summed E-state index contributed by atoms with van der Waals surface area (Å²) in [5.41, 5.74) is 7.89. The number of nitrogens with two attached hydrogens (primary N) is 1. The van der Waals surface area contributed by atoms with Gasteiger partial charge in [0.2, 0.25) is 53.1 Å². The third kappa shape index (κ3) is 18.2. The molecule has 4 aromatic carbocycles. The van der Waals surface area contributed by atoms with E-state index in [9.17, 15) is 79.2 Å². The fourth-order valence-electron chi connectivity index (χ4n) is 12.1. The number of likely N-dealkylation sites (tertiary alicyclic amines) is 1. The summed E-state index contributed by atoms with van der Waals surface area (Å²) >= 11 is -0.0259. The number of ether oxygens (including phenoxy) is 1. The molecule has 34 heteroatoms. The Labute approximate surface area is 564 Å². The number of aromatic hydroxyl groups is 1. The first kappa shape index (κ1) is 73.3. The molecule has 4 fully saturated rings. The lowest BCUT2D eigenvalue weighted by Crippen LogP contribution is -2.64. The van der Waals surface area contributed by atoms with Crippen LogP contribution in [0.1, 0.15) is 80.8 Å². The molecular formula is C64H79N11O22S. The molecule has 0 radical (unpaired) electrons. The van der Waals surface area contributed by atoms with Gasteiger partial charge in [0.15, 0.2) is 11.5 Å². The van der Waals surface area contributed by atoms with Crippen molar-refractivity contribution < 1.29 is 107 Å². The van der Waals surface area contributed by atoms with Crippen molar-refractivity contribution >= 4 is 59.6 Å². The Kier molecular flexibility index (Phi) is 25.1. The van der Waals surface area contributed by atoms with Crippen LogP contribution in [-0.2, 0) is 42.9 Å². The molecule has 14 atom stereocenters. The van der Waals surface area contributed by atoms with Crippen LogP contribution < -0.4 is 41.2 Å². The van der Waals surface area contributed by atoms with E-state index in [1.54, 1.807) is 0 Å². The SMILES string of the molecule is CC(O)C1NC(=O)C(NC(=O)c2ccc(-c3nnc(-c4ccc(-c5ccc(OCCCN6CCCCC6)cc5)cc4)o3)cc2)CC(O)CNC(=O)C2C(O)C(C)CN2C(=O)C(C(O)CC(N)=O)NC(=O)C(C(O)C(O)c2ccc(O)c(OSOOO)c2)NC(=O)C2CC(O)CN2C1=O. The van der Waals surface area contributed by atoms with Crippen LogP contribution in [0.4, 0.5) is 0 Å². The highest BCUT2D eigenvalue weighted by Crippen LogP contribution is 2.35. The van der Waals surface area contributed by atoms with E-state index >= 15 is 0 Å². The van der Waals surface area contributed by atoms with Crippen LogP contribution in [-0.4, -0.2) is 237 Å². The summed E-state index contributed by atoms with van der Waals surface area (Å²) in [5.74, 6) is -11.0. The minimum absolute atomic E-state index is 0.0259. The lowest BCUT2D eigenvalue weighted by molar-refractivity contribution is -0.433. The Morgan fingerprint density at radius 1 is 0.735 bits per heavy atom. The third-order valence-electron chi connectivity index (χ3n) is 17.4. The maximum atomic E-state index is 14.7. The van der Waals surface area contributed by atoms with Gasteiger partial charge in [-0.25, -0.2) is 5.26 Å². The van der Waals surface area contributed by atoms with E-state index in [0.717, 1.165) is 77.9 Å². The number of rotatable bonds is 21. The van der Waals surface area contributed by atoms with Crippen LogP contribution in [0.2, 0.25) is 0 Å². The number of phenols is 1. The van der Waals surface area contributed by atoms with Crippen LogP contribution in [0.25, 0.3) is 34.0 Å². The lowest BCUT2D eigenvalue weighted by atomic mass is 9.96. The molecule has 14 unspecified atom stereocenters. The second kappa shape index (κ2) is 33.6. The van der Waals surface area contributed by atoms with E-state index in [1.807, 2.05) is 48.5 Å². The van der Waals surface area contributed by atoms with Gasteiger partial charge in [0, 0.05) is 61.6 Å². The lowest BCUT2D eigenvalue weighted by Gasteiger charge is -2.34. The van der Waals surface area contributed by atoms with Crippen LogP contribution in [0.5, 0.6) is 17.2 Å². The molecular weight excluding hydrogens is 1310 g/mol. The van der Waals surface area contributed by atoms with Gasteiger partial charge < -0.3 is 101 Å². The molecule has 4 saturated heterocycles. The number of amides is 8. The highest BCUT2D eigenvalue weighted by Gasteiger charge is 2.50. The number of fused-ring (bicyclic) bond motifs is 2. The van der Waals surface area contributed by atoms with E-state index in [0.29, 0.717) is 17.7 Å². The number of nitrogens with zero attached hydrogens (tertiary/aromatic N) is 5. The van der Waals surface area contributed by atoms with Crippen molar-refractivity contribution in [2.45, 2.75) is 138 Å². The summed E-state index contributed by atoms with van der Waals surface area (Å²) in [6, 6.07) is 11.6. The number of piperidine rings is 1. The third-order valence-corrected chi connectivity index (χ3v) is 17.8. The van der Waals surface area contributed by atoms with E-state index in [1.165, 1.54) is 50.5 Å². The van der Waals surface area contributed by atoms with Crippen LogP contribution in [0, 0.1) is 5.92 Å². The topological polar surface area (TPSA) is 490 Å². The maximum Gasteiger partial charge on any atom is 0.261 e. The Morgan fingerprint density at radius 3 is 1.99 bits per heavy atom. The molecule has 4 aliphatic heterocycles. The molecule has 1 aromatic heterocycles. The van der Waals surface area contributed by atoms with Crippen molar-refractivity contribution in [1.82, 2.24) is 51.5 Å². The summed E-state index contributed by atoms with van der Waals surface area (Å²) < 4.78 is 21.2. The second-order valence-electron chi connectivity index (χ2n) is 24.5. The molecule has 98 heavy (non-hydrogen) atoms. The van der Waals surface area contributed by atoms with Crippen molar-refractivity contribution in [1.29, 1.82) is 0 Å². The minimum Gasteiger partial charge on any atom is -0.504 e. The second-order valence-corrected chi connectivity index (χ2v) is 25.0. The van der Waals surface area contributed by atoms with E-state index in [4.69, 9.17) is 24.3 Å². The number of carbonyl (C=O) groups excluding carboxylic acids is 8. The predicted molar refractivity (Wildman–Crippen MR) is 342 cm³/mol. The Bertz CT molecular complexity index is 3600. The first-order valence-electron chi connectivity index (χ1n) is 31.7. The average Bonchev–Trinajstić information content (AvgIpc) is 1.61. The quantitative estimate of drug-likeness (QED) is 0.0176. The zero-order chi connectivity index (χ0) is 70.5. The van der Waals surface area contributed by atoms with Crippen LogP contribution in [0.3, 0.4) is 0 Å². The van der Waals surface area contributed by atoms with Gasteiger partial charge in [0.05, 0.1) is 43.5 Å². The fourth-order valence-corrected chi connectivity index (χ4v) is 12.4. The van der Waals surface area contributed by atoms with Gasteiger partial charge >= 0.3 is 0 Å². The number of nitrogens with one attached hydrogen (secondary N) is 5. The maximum absolute atomic E-state index is 14.7. The Morgan fingerprint density at radius 2 is 1.35 bits per heavy atom. The molecule has 5 aromatic rings. The molecule has 8 amide bonds. The van der Waals surface area contributed by atoms with Gasteiger partial charge in [0.25, 0.3) is 18.2 Å². The first-order valence-corrected chi connectivity index (χ1v) is 32.4. The van der Waals surface area contributed by atoms with Crippen molar-refractivity contribution in [3.05, 3.63) is 102 Å². The number of primary amides is 1.